The Kier molecular flexibility index (Phi) is 4.42. The Bertz CT molecular complexity index is 1780. The van der Waals surface area contributed by atoms with E-state index in [1.165, 1.54) is 23.3 Å². The predicted octanol–water partition coefficient (Wildman–Crippen LogP) is 5.37. The van der Waals surface area contributed by atoms with Gasteiger partial charge >= 0.3 is 0 Å². The van der Waals surface area contributed by atoms with Crippen LogP contribution in [-0.4, -0.2) is 28.4 Å². The van der Waals surface area contributed by atoms with Gasteiger partial charge in [0.05, 0.1) is 13.2 Å². The lowest BCUT2D eigenvalue weighted by atomic mass is 10.0. The van der Waals surface area contributed by atoms with Gasteiger partial charge in [0, 0.05) is 41.4 Å². The molecule has 3 aromatic carbocycles. The van der Waals surface area contributed by atoms with E-state index in [4.69, 9.17) is 18.9 Å². The zero-order chi connectivity index (χ0) is 23.4. The first kappa shape index (κ1) is 19.9. The van der Waals surface area contributed by atoms with Gasteiger partial charge in [-0.1, -0.05) is 24.3 Å². The lowest BCUT2D eigenvalue weighted by Crippen LogP contribution is -2.01. The van der Waals surface area contributed by atoms with Gasteiger partial charge in [-0.25, -0.2) is 4.98 Å². The molecule has 1 aliphatic rings. The van der Waals surface area contributed by atoms with Crippen LogP contribution in [0.4, 0.5) is 0 Å². The van der Waals surface area contributed by atoms with Crippen LogP contribution in [0.5, 0.6) is 11.5 Å². The largest absolute Gasteiger partial charge is 0.493 e. The minimum Gasteiger partial charge on any atom is -0.493 e. The topological polar surface area (TPSA) is 93.1 Å². The van der Waals surface area contributed by atoms with E-state index in [0.717, 1.165) is 64.0 Å². The molecule has 0 saturated carbocycles. The number of aromatic amines is 2. The summed E-state index contributed by atoms with van der Waals surface area (Å²) in [6.07, 6.45) is 3.68. The molecule has 0 saturated heterocycles. The zero-order valence-electron chi connectivity index (χ0n) is 18.8. The summed E-state index contributed by atoms with van der Waals surface area (Å²) in [5.74, 6) is 1.81. The Morgan fingerprint density at radius 2 is 1.91 bits per heavy atom. The zero-order valence-corrected chi connectivity index (χ0v) is 18.8. The average molecular weight is 463 g/mol. The van der Waals surface area contributed by atoms with Crippen LogP contribution in [0.2, 0.25) is 0 Å². The minimum atomic E-state index is -0.0910. The van der Waals surface area contributed by atoms with Crippen LogP contribution in [-0.2, 0) is 12.8 Å². The maximum atomic E-state index is 11.9. The van der Waals surface area contributed by atoms with E-state index in [9.17, 15) is 4.79 Å². The predicted molar refractivity (Wildman–Crippen MR) is 134 cm³/mol. The van der Waals surface area contributed by atoms with Gasteiger partial charge in [0.25, 0.3) is 0 Å². The molecule has 0 aliphatic carbocycles. The number of nitrogens with one attached hydrogen (secondary N) is 2. The van der Waals surface area contributed by atoms with Crippen LogP contribution in [0.3, 0.4) is 0 Å². The lowest BCUT2D eigenvalue weighted by Gasteiger charge is -2.09. The first-order valence-corrected chi connectivity index (χ1v) is 11.6. The maximum absolute atomic E-state index is 11.9. The average Bonchev–Trinajstić information content (AvgIpc) is 3.61. The second-order valence-electron chi connectivity index (χ2n) is 8.76. The summed E-state index contributed by atoms with van der Waals surface area (Å²) in [4.78, 5) is 16.6. The molecule has 6 aromatic rings. The molecule has 0 bridgehead atoms. The number of H-pyrrole nitrogens is 2. The Morgan fingerprint density at radius 1 is 1.00 bits per heavy atom. The number of benzene rings is 3. The summed E-state index contributed by atoms with van der Waals surface area (Å²) in [6.45, 7) is 1.36. The van der Waals surface area contributed by atoms with Crippen LogP contribution in [0.25, 0.3) is 44.2 Å². The highest BCUT2D eigenvalue weighted by Gasteiger charge is 2.19. The number of rotatable bonds is 5. The maximum Gasteiger partial charge on any atom is 0.182 e. The normalized spacial score (nSPS) is 12.9. The van der Waals surface area contributed by atoms with Crippen molar-refractivity contribution in [2.75, 3.05) is 13.2 Å². The monoisotopic (exact) mass is 463 g/mol. The number of hydrogen-bond acceptors (Lipinski definition) is 5. The van der Waals surface area contributed by atoms with E-state index in [1.807, 2.05) is 30.5 Å². The molecule has 0 spiro atoms. The van der Waals surface area contributed by atoms with Gasteiger partial charge in [-0.3, -0.25) is 9.89 Å². The molecule has 35 heavy (non-hydrogen) atoms. The molecule has 7 heteroatoms. The fraction of sp³-hybridized carbons (Fsp3) is 0.143. The number of hydrogen-bond donors (Lipinski definition) is 2. The van der Waals surface area contributed by atoms with Gasteiger partial charge in [-0.2, -0.15) is 0 Å². The van der Waals surface area contributed by atoms with E-state index < -0.39 is 0 Å². The number of ether oxygens (including phenoxy) is 2. The molecule has 0 amide bonds. The molecular formula is C28H21N3O4. The summed E-state index contributed by atoms with van der Waals surface area (Å²) >= 11 is 0. The summed E-state index contributed by atoms with van der Waals surface area (Å²) in [7, 11) is 0. The smallest absolute Gasteiger partial charge is 0.182 e. The van der Waals surface area contributed by atoms with Crippen molar-refractivity contribution in [1.82, 2.24) is 15.2 Å². The molecule has 1 aliphatic heterocycles. The van der Waals surface area contributed by atoms with Crippen LogP contribution in [0.15, 0.2) is 76.1 Å². The molecule has 2 N–H and O–H groups in total. The van der Waals surface area contributed by atoms with Crippen LogP contribution >= 0.6 is 0 Å². The summed E-state index contributed by atoms with van der Waals surface area (Å²) in [6, 6.07) is 19.2. The van der Waals surface area contributed by atoms with Crippen molar-refractivity contribution in [2.24, 2.45) is 0 Å². The lowest BCUT2D eigenvalue weighted by molar-refractivity contribution is 0.322. The molecule has 0 radical (unpaired) electrons. The third-order valence-electron chi connectivity index (χ3n) is 6.57. The number of nitrogens with zero attached hydrogens (tertiary/aromatic N) is 1. The highest BCUT2D eigenvalue weighted by Crippen LogP contribution is 2.39. The van der Waals surface area contributed by atoms with E-state index >= 15 is 0 Å². The van der Waals surface area contributed by atoms with Crippen LogP contribution in [0.1, 0.15) is 11.1 Å². The van der Waals surface area contributed by atoms with Crippen molar-refractivity contribution in [1.29, 1.82) is 0 Å². The highest BCUT2D eigenvalue weighted by atomic mass is 16.5. The van der Waals surface area contributed by atoms with Gasteiger partial charge in [-0.15, -0.1) is 0 Å². The SMILES string of the molecule is O=c1ccc2c(c1)oc1c(-c3ccc(OCCc4ccc5c(c4)CCO5)cc3)c3c[nH][nH]c3nc12. The van der Waals surface area contributed by atoms with Gasteiger partial charge in [-0.05, 0) is 47.0 Å². The Morgan fingerprint density at radius 3 is 2.83 bits per heavy atom. The Hall–Kier alpha value is -4.52. The minimum absolute atomic E-state index is 0.0910. The number of pyridine rings is 1. The molecule has 7 rings (SSSR count). The number of aromatic nitrogens is 3. The van der Waals surface area contributed by atoms with Crippen molar-refractivity contribution in [3.05, 3.63) is 88.2 Å². The summed E-state index contributed by atoms with van der Waals surface area (Å²) in [5, 5.41) is 7.84. The molecule has 7 nitrogen and oxygen atoms in total. The quantitative estimate of drug-likeness (QED) is 0.358. The number of fused-ring (bicyclic) bond motifs is 5. The second kappa shape index (κ2) is 7.77. The first-order chi connectivity index (χ1) is 17.2. The van der Waals surface area contributed by atoms with Gasteiger partial charge in [0.1, 0.15) is 22.6 Å². The third kappa shape index (κ3) is 3.35. The summed E-state index contributed by atoms with van der Waals surface area (Å²) in [5.41, 5.74) is 6.96. The van der Waals surface area contributed by atoms with Crippen molar-refractivity contribution in [3.8, 4) is 22.6 Å². The molecule has 0 unspecified atom stereocenters. The van der Waals surface area contributed by atoms with Crippen LogP contribution in [0, 0.1) is 0 Å². The van der Waals surface area contributed by atoms with Crippen molar-refractivity contribution in [3.63, 3.8) is 0 Å². The van der Waals surface area contributed by atoms with E-state index in [-0.39, 0.29) is 5.43 Å². The number of furan rings is 1. The van der Waals surface area contributed by atoms with E-state index in [2.05, 4.69) is 28.4 Å². The highest BCUT2D eigenvalue weighted by molar-refractivity contribution is 6.14. The molecule has 4 heterocycles. The van der Waals surface area contributed by atoms with Crippen molar-refractivity contribution >= 4 is 33.1 Å². The fourth-order valence-corrected chi connectivity index (χ4v) is 4.86. The molecule has 0 fully saturated rings. The second-order valence-corrected chi connectivity index (χ2v) is 8.76. The standard InChI is InChI=1S/C28H21N3O4/c32-19-4-7-21-24(14-19)35-27-25(22-15-29-31-28(22)30-26(21)27)17-2-5-20(6-3-17)33-11-9-16-1-8-23-18(13-16)10-12-34-23/h1-8,13-15H,9-12H2,(H2,29,30,31). The van der Waals surface area contributed by atoms with Gasteiger partial charge in [0.15, 0.2) is 16.7 Å². The molecule has 172 valence electrons. The van der Waals surface area contributed by atoms with E-state index in [0.29, 0.717) is 17.8 Å². The van der Waals surface area contributed by atoms with E-state index in [1.54, 1.807) is 6.07 Å². The van der Waals surface area contributed by atoms with Crippen molar-refractivity contribution < 1.29 is 13.9 Å². The first-order valence-electron chi connectivity index (χ1n) is 11.6. The molecular weight excluding hydrogens is 442 g/mol. The van der Waals surface area contributed by atoms with Gasteiger partial charge in [0.2, 0.25) is 0 Å². The van der Waals surface area contributed by atoms with Crippen molar-refractivity contribution in [2.45, 2.75) is 12.8 Å². The molecule has 0 atom stereocenters. The Labute approximate surface area is 199 Å². The summed E-state index contributed by atoms with van der Waals surface area (Å²) < 4.78 is 17.8. The fourth-order valence-electron chi connectivity index (χ4n) is 4.86. The Balaban J connectivity index is 1.19. The third-order valence-corrected chi connectivity index (χ3v) is 6.57. The van der Waals surface area contributed by atoms with Crippen LogP contribution < -0.4 is 14.9 Å². The van der Waals surface area contributed by atoms with Gasteiger partial charge < -0.3 is 19.0 Å². The molecule has 3 aromatic heterocycles.